The third-order valence-corrected chi connectivity index (χ3v) is 3.97. The van der Waals surface area contributed by atoms with Crippen molar-refractivity contribution in [3.05, 3.63) is 34.3 Å². The van der Waals surface area contributed by atoms with Crippen molar-refractivity contribution in [3.8, 4) is 0 Å². The van der Waals surface area contributed by atoms with Crippen LogP contribution in [-0.4, -0.2) is 36.5 Å². The highest BCUT2D eigenvalue weighted by Crippen LogP contribution is 2.19. The van der Waals surface area contributed by atoms with Crippen molar-refractivity contribution in [2.75, 3.05) is 19.6 Å². The Hall–Kier alpha value is -1.06. The lowest BCUT2D eigenvalue weighted by molar-refractivity contribution is 0.0661. The number of benzene rings is 1. The fraction of sp³-hybridized carbons (Fsp3) is 0.533. The largest absolute Gasteiger partial charge is 0.335 e. The maximum Gasteiger partial charge on any atom is 0.254 e. The van der Waals surface area contributed by atoms with Crippen LogP contribution in [0.3, 0.4) is 0 Å². The number of nitrogens with one attached hydrogen (secondary N) is 1. The molecule has 1 atom stereocenters. The summed E-state index contributed by atoms with van der Waals surface area (Å²) in [6, 6.07) is 5.77. The van der Waals surface area contributed by atoms with Crippen molar-refractivity contribution in [3.63, 3.8) is 0 Å². The van der Waals surface area contributed by atoms with Gasteiger partial charge in [0.25, 0.3) is 5.91 Å². The lowest BCUT2D eigenvalue weighted by atomic mass is 10.0. The molecule has 0 aliphatic carbocycles. The summed E-state index contributed by atoms with van der Waals surface area (Å²) in [5.74, 6) is 0.116. The lowest BCUT2D eigenvalue weighted by Crippen LogP contribution is -2.48. The zero-order chi connectivity index (χ0) is 13.8. The van der Waals surface area contributed by atoms with Crippen LogP contribution in [0.2, 0.25) is 5.02 Å². The van der Waals surface area contributed by atoms with Crippen LogP contribution in [0.4, 0.5) is 0 Å². The number of amides is 1. The Balaban J connectivity index is 2.19. The first-order valence-electron chi connectivity index (χ1n) is 6.91. The summed E-state index contributed by atoms with van der Waals surface area (Å²) >= 11 is 5.95. The second-order valence-corrected chi connectivity index (χ2v) is 5.49. The standard InChI is InChI=1S/C15H21ClN2O/c1-3-18(13-5-4-8-17-10-13)15(19)14-7-6-12(16)9-11(14)2/h6-7,9,13,17H,3-5,8,10H2,1-2H3. The molecule has 1 aliphatic rings. The molecule has 0 saturated carbocycles. The van der Waals surface area contributed by atoms with E-state index in [-0.39, 0.29) is 5.91 Å². The Bertz CT molecular complexity index is 455. The van der Waals surface area contributed by atoms with Gasteiger partial charge >= 0.3 is 0 Å². The molecule has 1 aromatic rings. The van der Waals surface area contributed by atoms with Crippen LogP contribution in [0.15, 0.2) is 18.2 Å². The second-order valence-electron chi connectivity index (χ2n) is 5.05. The van der Waals surface area contributed by atoms with Crippen LogP contribution in [-0.2, 0) is 0 Å². The molecule has 1 aliphatic heterocycles. The molecular weight excluding hydrogens is 260 g/mol. The minimum atomic E-state index is 0.116. The highest BCUT2D eigenvalue weighted by molar-refractivity contribution is 6.30. The lowest BCUT2D eigenvalue weighted by Gasteiger charge is -2.34. The highest BCUT2D eigenvalue weighted by Gasteiger charge is 2.25. The first-order chi connectivity index (χ1) is 9.13. The van der Waals surface area contributed by atoms with Crippen LogP contribution in [0.25, 0.3) is 0 Å². The van der Waals surface area contributed by atoms with E-state index in [1.807, 2.05) is 30.9 Å². The molecule has 1 saturated heterocycles. The van der Waals surface area contributed by atoms with Crippen LogP contribution in [0.1, 0.15) is 35.7 Å². The van der Waals surface area contributed by atoms with Gasteiger partial charge in [0.05, 0.1) is 0 Å². The maximum absolute atomic E-state index is 12.7. The quantitative estimate of drug-likeness (QED) is 0.923. The zero-order valence-electron chi connectivity index (χ0n) is 11.6. The number of carbonyl (C=O) groups is 1. The number of aryl methyl sites for hydroxylation is 1. The van der Waals surface area contributed by atoms with Gasteiger partial charge in [0.1, 0.15) is 0 Å². The van der Waals surface area contributed by atoms with Crippen molar-refractivity contribution in [2.24, 2.45) is 0 Å². The van der Waals surface area contributed by atoms with Crippen molar-refractivity contribution < 1.29 is 4.79 Å². The summed E-state index contributed by atoms with van der Waals surface area (Å²) < 4.78 is 0. The van der Waals surface area contributed by atoms with Crippen molar-refractivity contribution in [1.82, 2.24) is 10.2 Å². The van der Waals surface area contributed by atoms with E-state index < -0.39 is 0 Å². The van der Waals surface area contributed by atoms with E-state index in [2.05, 4.69) is 5.32 Å². The van der Waals surface area contributed by atoms with Crippen molar-refractivity contribution in [2.45, 2.75) is 32.7 Å². The minimum Gasteiger partial charge on any atom is -0.335 e. The number of hydrogen-bond acceptors (Lipinski definition) is 2. The summed E-state index contributed by atoms with van der Waals surface area (Å²) in [4.78, 5) is 14.6. The van der Waals surface area contributed by atoms with Gasteiger partial charge in [-0.1, -0.05) is 11.6 Å². The zero-order valence-corrected chi connectivity index (χ0v) is 12.3. The Morgan fingerprint density at radius 3 is 2.89 bits per heavy atom. The number of likely N-dealkylation sites (N-methyl/N-ethyl adjacent to an activating group) is 1. The predicted octanol–water partition coefficient (Wildman–Crippen LogP) is 2.86. The van der Waals surface area contributed by atoms with Crippen LogP contribution >= 0.6 is 11.6 Å². The van der Waals surface area contributed by atoms with Gasteiger partial charge in [0.2, 0.25) is 0 Å². The average molecular weight is 281 g/mol. The summed E-state index contributed by atoms with van der Waals surface area (Å²) in [6.45, 7) is 6.67. The fourth-order valence-electron chi connectivity index (χ4n) is 2.69. The Labute approximate surface area is 119 Å². The topological polar surface area (TPSA) is 32.3 Å². The third kappa shape index (κ3) is 3.28. The first-order valence-corrected chi connectivity index (χ1v) is 7.29. The van der Waals surface area contributed by atoms with E-state index >= 15 is 0 Å². The van der Waals surface area contributed by atoms with Crippen molar-refractivity contribution in [1.29, 1.82) is 0 Å². The molecule has 0 spiro atoms. The van der Waals surface area contributed by atoms with Gasteiger partial charge in [-0.2, -0.15) is 0 Å². The fourth-order valence-corrected chi connectivity index (χ4v) is 2.92. The van der Waals surface area contributed by atoms with Crippen LogP contribution in [0.5, 0.6) is 0 Å². The summed E-state index contributed by atoms with van der Waals surface area (Å²) in [5.41, 5.74) is 1.71. The smallest absolute Gasteiger partial charge is 0.254 e. The van der Waals surface area contributed by atoms with Crippen LogP contribution in [0, 0.1) is 6.92 Å². The SMILES string of the molecule is CCN(C(=O)c1ccc(Cl)cc1C)C1CCCNC1. The maximum atomic E-state index is 12.7. The molecule has 1 aromatic carbocycles. The monoisotopic (exact) mass is 280 g/mol. The van der Waals surface area contributed by atoms with E-state index in [0.717, 1.165) is 43.6 Å². The molecule has 4 heteroatoms. The minimum absolute atomic E-state index is 0.116. The molecular formula is C15H21ClN2O. The Morgan fingerprint density at radius 1 is 1.53 bits per heavy atom. The van der Waals surface area contributed by atoms with E-state index in [4.69, 9.17) is 11.6 Å². The van der Waals surface area contributed by atoms with E-state index in [0.29, 0.717) is 11.1 Å². The molecule has 0 aromatic heterocycles. The van der Waals surface area contributed by atoms with Gasteiger partial charge in [-0.05, 0) is 57.0 Å². The highest BCUT2D eigenvalue weighted by atomic mass is 35.5. The molecule has 0 bridgehead atoms. The van der Waals surface area contributed by atoms with Gasteiger partial charge in [-0.15, -0.1) is 0 Å². The van der Waals surface area contributed by atoms with Crippen LogP contribution < -0.4 is 5.32 Å². The normalized spacial score (nSPS) is 19.2. The van der Waals surface area contributed by atoms with Gasteiger partial charge in [-0.3, -0.25) is 4.79 Å². The van der Waals surface area contributed by atoms with E-state index in [1.165, 1.54) is 0 Å². The number of halogens is 1. The number of hydrogen-bond donors (Lipinski definition) is 1. The molecule has 0 radical (unpaired) electrons. The summed E-state index contributed by atoms with van der Waals surface area (Å²) in [6.07, 6.45) is 2.22. The van der Waals surface area contributed by atoms with E-state index in [1.54, 1.807) is 6.07 Å². The van der Waals surface area contributed by atoms with Crippen molar-refractivity contribution >= 4 is 17.5 Å². The molecule has 1 fully saturated rings. The summed E-state index contributed by atoms with van der Waals surface area (Å²) in [5, 5.41) is 4.04. The predicted molar refractivity (Wildman–Crippen MR) is 78.8 cm³/mol. The summed E-state index contributed by atoms with van der Waals surface area (Å²) in [7, 11) is 0. The third-order valence-electron chi connectivity index (χ3n) is 3.73. The van der Waals surface area contributed by atoms with Gasteiger partial charge in [-0.25, -0.2) is 0 Å². The first kappa shape index (κ1) is 14.4. The van der Waals surface area contributed by atoms with Gasteiger partial charge in [0, 0.05) is 29.7 Å². The number of carbonyl (C=O) groups excluding carboxylic acids is 1. The molecule has 19 heavy (non-hydrogen) atoms. The molecule has 1 unspecified atom stereocenters. The molecule has 1 amide bonds. The molecule has 1 heterocycles. The number of nitrogens with zero attached hydrogens (tertiary/aromatic N) is 1. The van der Waals surface area contributed by atoms with Gasteiger partial charge in [0.15, 0.2) is 0 Å². The molecule has 2 rings (SSSR count). The molecule has 104 valence electrons. The molecule has 1 N–H and O–H groups in total. The Morgan fingerprint density at radius 2 is 2.32 bits per heavy atom. The van der Waals surface area contributed by atoms with Gasteiger partial charge < -0.3 is 10.2 Å². The Kier molecular flexibility index (Phi) is 4.83. The number of rotatable bonds is 3. The molecule has 3 nitrogen and oxygen atoms in total. The van der Waals surface area contributed by atoms with E-state index in [9.17, 15) is 4.79 Å². The number of piperidine rings is 1. The average Bonchev–Trinajstić information content (AvgIpc) is 2.40. The second kappa shape index (κ2) is 6.40.